The number of benzene rings is 2. The van der Waals surface area contributed by atoms with Crippen LogP contribution in [-0.4, -0.2) is 21.8 Å². The molecule has 0 radical (unpaired) electrons. The molecular weight excluding hydrogens is 342 g/mol. The van der Waals surface area contributed by atoms with Crippen molar-refractivity contribution in [3.05, 3.63) is 78.2 Å². The molecule has 3 N–H and O–H groups in total. The second-order valence-corrected chi connectivity index (χ2v) is 5.84. The lowest BCUT2D eigenvalue weighted by Crippen LogP contribution is -2.15. The van der Waals surface area contributed by atoms with Gasteiger partial charge in [0.1, 0.15) is 17.8 Å². The summed E-state index contributed by atoms with van der Waals surface area (Å²) in [6, 6.07) is 18.3. The summed E-state index contributed by atoms with van der Waals surface area (Å²) >= 11 is 0. The highest BCUT2D eigenvalue weighted by molar-refractivity contribution is 6.03. The number of rotatable bonds is 6. The van der Waals surface area contributed by atoms with Gasteiger partial charge in [0.15, 0.2) is 0 Å². The van der Waals surface area contributed by atoms with E-state index >= 15 is 0 Å². The molecule has 1 aromatic heterocycles. The van der Waals surface area contributed by atoms with Crippen molar-refractivity contribution >= 4 is 29.0 Å². The molecule has 1 heterocycles. The van der Waals surface area contributed by atoms with Crippen LogP contribution in [0.5, 0.6) is 0 Å². The summed E-state index contributed by atoms with van der Waals surface area (Å²) in [5, 5.41) is 8.62. The van der Waals surface area contributed by atoms with Gasteiger partial charge in [-0.15, -0.1) is 0 Å². The molecule has 2 amide bonds. The van der Waals surface area contributed by atoms with Crippen molar-refractivity contribution in [2.24, 2.45) is 0 Å². The molecular formula is C20H19N5O2. The molecule has 0 aliphatic rings. The first-order valence-electron chi connectivity index (χ1n) is 8.39. The quantitative estimate of drug-likeness (QED) is 0.626. The van der Waals surface area contributed by atoms with Gasteiger partial charge in [0.2, 0.25) is 5.91 Å². The molecule has 0 spiro atoms. The number of nitrogens with zero attached hydrogens (tertiary/aromatic N) is 2. The van der Waals surface area contributed by atoms with E-state index in [-0.39, 0.29) is 17.5 Å². The number of hydrogen-bond donors (Lipinski definition) is 3. The molecule has 0 saturated heterocycles. The van der Waals surface area contributed by atoms with Crippen molar-refractivity contribution in [1.82, 2.24) is 9.97 Å². The summed E-state index contributed by atoms with van der Waals surface area (Å²) in [6.45, 7) is 2.04. The van der Waals surface area contributed by atoms with E-state index in [2.05, 4.69) is 25.9 Å². The number of aromatic nitrogens is 2. The van der Waals surface area contributed by atoms with Crippen LogP contribution in [0.25, 0.3) is 0 Å². The van der Waals surface area contributed by atoms with Crippen LogP contribution in [0.3, 0.4) is 0 Å². The minimum absolute atomic E-state index is 0.150. The zero-order chi connectivity index (χ0) is 19.1. The molecule has 136 valence electrons. The Kier molecular flexibility index (Phi) is 5.73. The second kappa shape index (κ2) is 8.57. The predicted molar refractivity (Wildman–Crippen MR) is 104 cm³/mol. The van der Waals surface area contributed by atoms with Crippen LogP contribution in [0.1, 0.15) is 23.0 Å². The summed E-state index contributed by atoms with van der Waals surface area (Å²) in [7, 11) is 0. The molecule has 7 heteroatoms. The minimum Gasteiger partial charge on any atom is -0.366 e. The first-order chi connectivity index (χ1) is 13.1. The Bertz CT molecular complexity index is 927. The van der Waals surface area contributed by atoms with E-state index in [1.165, 1.54) is 13.3 Å². The van der Waals surface area contributed by atoms with Gasteiger partial charge >= 0.3 is 0 Å². The Morgan fingerprint density at radius 3 is 2.22 bits per heavy atom. The van der Waals surface area contributed by atoms with E-state index < -0.39 is 0 Å². The maximum atomic E-state index is 12.4. The highest BCUT2D eigenvalue weighted by Crippen LogP contribution is 2.15. The zero-order valence-corrected chi connectivity index (χ0v) is 14.8. The molecule has 0 aliphatic heterocycles. The first kappa shape index (κ1) is 18.1. The van der Waals surface area contributed by atoms with Gasteiger partial charge in [-0.05, 0) is 29.8 Å². The van der Waals surface area contributed by atoms with Crippen LogP contribution in [-0.2, 0) is 11.3 Å². The predicted octanol–water partition coefficient (Wildman–Crippen LogP) is 3.30. The zero-order valence-electron chi connectivity index (χ0n) is 14.8. The molecule has 0 aliphatic carbocycles. The van der Waals surface area contributed by atoms with E-state index in [9.17, 15) is 9.59 Å². The number of nitrogens with one attached hydrogen (secondary N) is 3. The molecule has 7 nitrogen and oxygen atoms in total. The van der Waals surface area contributed by atoms with Crippen LogP contribution in [0.2, 0.25) is 0 Å². The summed E-state index contributed by atoms with van der Waals surface area (Å²) in [5.41, 5.74) is 2.63. The van der Waals surface area contributed by atoms with Crippen LogP contribution >= 0.6 is 0 Å². The summed E-state index contributed by atoms with van der Waals surface area (Å²) in [6.07, 6.45) is 1.35. The van der Waals surface area contributed by atoms with E-state index in [1.807, 2.05) is 30.3 Å². The lowest BCUT2D eigenvalue weighted by molar-refractivity contribution is -0.114. The molecule has 0 saturated carbocycles. The van der Waals surface area contributed by atoms with Gasteiger partial charge in [0, 0.05) is 30.9 Å². The standard InChI is InChI=1S/C20H19N5O2/c1-14(26)24-16-7-9-17(10-8-16)25-20(27)18-11-19(23-13-22-18)21-12-15-5-3-2-4-6-15/h2-11,13H,12H2,1H3,(H,24,26)(H,25,27)(H,21,22,23). The van der Waals surface area contributed by atoms with Crippen molar-refractivity contribution in [1.29, 1.82) is 0 Å². The van der Waals surface area contributed by atoms with Gasteiger partial charge in [0.25, 0.3) is 5.91 Å². The van der Waals surface area contributed by atoms with Gasteiger partial charge in [-0.2, -0.15) is 0 Å². The Hall–Kier alpha value is -3.74. The van der Waals surface area contributed by atoms with Gasteiger partial charge in [-0.25, -0.2) is 9.97 Å². The monoisotopic (exact) mass is 361 g/mol. The fourth-order valence-electron chi connectivity index (χ4n) is 2.40. The van der Waals surface area contributed by atoms with Crippen molar-refractivity contribution in [3.63, 3.8) is 0 Å². The van der Waals surface area contributed by atoms with Gasteiger partial charge in [-0.3, -0.25) is 9.59 Å². The highest BCUT2D eigenvalue weighted by Gasteiger charge is 2.09. The Morgan fingerprint density at radius 1 is 0.889 bits per heavy atom. The SMILES string of the molecule is CC(=O)Nc1ccc(NC(=O)c2cc(NCc3ccccc3)ncn2)cc1. The number of amides is 2. The van der Waals surface area contributed by atoms with E-state index in [0.29, 0.717) is 23.7 Å². The number of carbonyl (C=O) groups excluding carboxylic acids is 2. The molecule has 0 unspecified atom stereocenters. The average Bonchev–Trinajstić information content (AvgIpc) is 2.68. The van der Waals surface area contributed by atoms with Gasteiger partial charge in [-0.1, -0.05) is 30.3 Å². The lowest BCUT2D eigenvalue weighted by Gasteiger charge is -2.08. The molecule has 2 aromatic carbocycles. The smallest absolute Gasteiger partial charge is 0.274 e. The highest BCUT2D eigenvalue weighted by atomic mass is 16.2. The minimum atomic E-state index is -0.340. The summed E-state index contributed by atoms with van der Waals surface area (Å²) in [5.74, 6) is 0.0794. The fraction of sp³-hybridized carbons (Fsp3) is 0.100. The maximum absolute atomic E-state index is 12.4. The van der Waals surface area contributed by atoms with Crippen LogP contribution in [0.4, 0.5) is 17.2 Å². The van der Waals surface area contributed by atoms with Crippen molar-refractivity contribution in [2.45, 2.75) is 13.5 Å². The van der Waals surface area contributed by atoms with Gasteiger partial charge < -0.3 is 16.0 Å². The molecule has 0 bridgehead atoms. The molecule has 3 rings (SSSR count). The topological polar surface area (TPSA) is 96.0 Å². The molecule has 27 heavy (non-hydrogen) atoms. The Balaban J connectivity index is 1.62. The van der Waals surface area contributed by atoms with E-state index in [1.54, 1.807) is 30.3 Å². The number of carbonyl (C=O) groups is 2. The largest absolute Gasteiger partial charge is 0.366 e. The third-order valence-electron chi connectivity index (χ3n) is 3.68. The maximum Gasteiger partial charge on any atom is 0.274 e. The third-order valence-corrected chi connectivity index (χ3v) is 3.68. The fourth-order valence-corrected chi connectivity index (χ4v) is 2.40. The normalized spacial score (nSPS) is 10.1. The molecule has 0 fully saturated rings. The van der Waals surface area contributed by atoms with Crippen LogP contribution in [0.15, 0.2) is 67.0 Å². The second-order valence-electron chi connectivity index (χ2n) is 5.84. The lowest BCUT2D eigenvalue weighted by atomic mass is 10.2. The van der Waals surface area contributed by atoms with E-state index in [4.69, 9.17) is 0 Å². The van der Waals surface area contributed by atoms with E-state index in [0.717, 1.165) is 5.56 Å². The Morgan fingerprint density at radius 2 is 1.56 bits per heavy atom. The average molecular weight is 361 g/mol. The van der Waals surface area contributed by atoms with Crippen LogP contribution in [0, 0.1) is 0 Å². The van der Waals surface area contributed by atoms with Crippen LogP contribution < -0.4 is 16.0 Å². The molecule has 3 aromatic rings. The molecule has 0 atom stereocenters. The van der Waals surface area contributed by atoms with Crippen molar-refractivity contribution < 1.29 is 9.59 Å². The first-order valence-corrected chi connectivity index (χ1v) is 8.39. The van der Waals surface area contributed by atoms with Gasteiger partial charge in [0.05, 0.1) is 0 Å². The van der Waals surface area contributed by atoms with Crippen molar-refractivity contribution in [2.75, 3.05) is 16.0 Å². The summed E-state index contributed by atoms with van der Waals surface area (Å²) < 4.78 is 0. The summed E-state index contributed by atoms with van der Waals surface area (Å²) in [4.78, 5) is 31.6. The third kappa shape index (κ3) is 5.37. The number of anilines is 3. The number of hydrogen-bond acceptors (Lipinski definition) is 5. The Labute approximate surface area is 156 Å². The van der Waals surface area contributed by atoms with Crippen molar-refractivity contribution in [3.8, 4) is 0 Å².